The van der Waals surface area contributed by atoms with E-state index in [4.69, 9.17) is 4.74 Å². The molecule has 6 aromatic carbocycles. The lowest BCUT2D eigenvalue weighted by atomic mass is 9.12. The number of rotatable bonds is 8. The Morgan fingerprint density at radius 2 is 0.713 bits per heavy atom. The molecule has 1 aromatic heterocycles. The minimum absolute atomic E-state index is 0.414. The van der Waals surface area contributed by atoms with Crippen molar-refractivity contribution in [2.75, 3.05) is 0 Å². The van der Waals surface area contributed by atoms with Gasteiger partial charge in [0.15, 0.2) is 12.7 Å². The van der Waals surface area contributed by atoms with Crippen molar-refractivity contribution in [2.45, 2.75) is 62.9 Å². The third kappa shape index (κ3) is 14.2. The van der Waals surface area contributed by atoms with Crippen LogP contribution in [-0.4, -0.2) is 17.1 Å². The predicted molar refractivity (Wildman–Crippen MR) is 236 cm³/mol. The monoisotopic (exact) mass is 1170 g/mol. The molecule has 0 amide bonds. The summed E-state index contributed by atoms with van der Waals surface area (Å²) in [5.74, 6) is 0.149. The molecule has 0 N–H and O–H groups in total. The molecule has 0 spiro atoms. The van der Waals surface area contributed by atoms with Crippen molar-refractivity contribution >= 4 is 34.0 Å². The van der Waals surface area contributed by atoms with E-state index in [1.807, 2.05) is 60.0 Å². The van der Waals surface area contributed by atoms with Crippen LogP contribution in [0.5, 0.6) is 5.75 Å². The summed E-state index contributed by atoms with van der Waals surface area (Å²) >= 11 is 0. The van der Waals surface area contributed by atoms with Crippen molar-refractivity contribution in [3.8, 4) is 5.75 Å². The molecule has 7 aromatic rings. The lowest BCUT2D eigenvalue weighted by Crippen LogP contribution is -2.75. The number of halogens is 24. The highest BCUT2D eigenvalue weighted by Gasteiger charge is 2.47. The van der Waals surface area contributed by atoms with Gasteiger partial charge in [0, 0.05) is 5.56 Å². The first-order valence-electron chi connectivity index (χ1n) is 22.0. The molecule has 1 heterocycles. The number of carbonyl (C=O) groups excluding carboxylic acids is 1. The number of ether oxygens (including phenoxy) is 1. The fraction of sp³-hybridized carbons (Fsp3) is 0.196. The van der Waals surface area contributed by atoms with Gasteiger partial charge in [0.2, 0.25) is 0 Å². The highest BCUT2D eigenvalue weighted by Crippen LogP contribution is 2.41. The number of hydrogen-bond acceptors (Lipinski definition) is 3. The van der Waals surface area contributed by atoms with E-state index in [0.29, 0.717) is 18.0 Å². The number of aryl methyl sites for hydroxylation is 1. The molecule has 29 heteroatoms. The first-order chi connectivity index (χ1) is 36.5. The Labute approximate surface area is 433 Å². The van der Waals surface area contributed by atoms with Crippen LogP contribution in [-0.2, 0) is 56.0 Å². The normalized spacial score (nSPS) is 13.2. The Bertz CT molecular complexity index is 2940. The zero-order valence-corrected chi connectivity index (χ0v) is 39.4. The number of para-hydroxylation sites is 1. The van der Waals surface area contributed by atoms with E-state index in [2.05, 4.69) is 4.98 Å². The molecule has 0 unspecified atom stereocenters. The average molecular weight is 1170 g/mol. The second kappa shape index (κ2) is 21.7. The predicted octanol–water partition coefficient (Wildman–Crippen LogP) is 14.2. The van der Waals surface area contributed by atoms with Gasteiger partial charge in [-0.1, -0.05) is 97.1 Å². The Hall–Kier alpha value is -7.75. The number of carbonyl (C=O) groups is 1. The Morgan fingerprint density at radius 1 is 0.425 bits per heavy atom. The van der Waals surface area contributed by atoms with Crippen molar-refractivity contribution in [3.05, 3.63) is 207 Å². The topological polar surface area (TPSA) is 43.1 Å². The van der Waals surface area contributed by atoms with Crippen LogP contribution < -0.4 is 31.2 Å². The fourth-order valence-corrected chi connectivity index (χ4v) is 8.37. The highest BCUT2D eigenvalue weighted by atomic mass is 19.4. The Kier molecular flexibility index (Phi) is 16.7. The second-order valence-electron chi connectivity index (χ2n) is 17.5. The molecular weight excluding hydrogens is 1140 g/mol. The lowest BCUT2D eigenvalue weighted by molar-refractivity contribution is -0.691. The molecule has 0 radical (unpaired) electrons. The van der Waals surface area contributed by atoms with Crippen LogP contribution in [0.4, 0.5) is 105 Å². The maximum atomic E-state index is 14.2. The Morgan fingerprint density at radius 3 is 1.00 bits per heavy atom. The molecule has 0 fully saturated rings. The van der Waals surface area contributed by atoms with E-state index in [-0.39, 0.29) is 0 Å². The van der Waals surface area contributed by atoms with Gasteiger partial charge in [0.05, 0.1) is 50.7 Å². The molecular formula is C51H29BF24N2O2. The average Bonchev–Trinajstić information content (AvgIpc) is 3.47. The summed E-state index contributed by atoms with van der Waals surface area (Å²) in [6, 6.07) is 8.58. The third-order valence-electron chi connectivity index (χ3n) is 12.0. The van der Waals surface area contributed by atoms with Crippen molar-refractivity contribution in [2.24, 2.45) is 0 Å². The number of alkyl halides is 24. The van der Waals surface area contributed by atoms with Crippen molar-refractivity contribution in [1.82, 2.24) is 4.98 Å². The van der Waals surface area contributed by atoms with Crippen LogP contribution in [0.3, 0.4) is 0 Å². The van der Waals surface area contributed by atoms with Crippen LogP contribution in [0.1, 0.15) is 66.1 Å². The van der Waals surface area contributed by atoms with Crippen LogP contribution in [0.15, 0.2) is 146 Å². The van der Waals surface area contributed by atoms with Crippen molar-refractivity contribution in [1.29, 1.82) is 0 Å². The van der Waals surface area contributed by atoms with Gasteiger partial charge < -0.3 is 4.74 Å². The number of nitrogens with zero attached hydrogens (tertiary/aromatic N) is 2. The summed E-state index contributed by atoms with van der Waals surface area (Å²) in [7, 11) is 0. The van der Waals surface area contributed by atoms with E-state index in [0.717, 1.165) is 11.1 Å². The molecule has 80 heavy (non-hydrogen) atoms. The minimum Gasteiger partial charge on any atom is -0.418 e. The van der Waals surface area contributed by atoms with Gasteiger partial charge in [-0.2, -0.15) is 132 Å². The maximum Gasteiger partial charge on any atom is 0.416 e. The van der Waals surface area contributed by atoms with Crippen molar-refractivity contribution in [3.63, 3.8) is 0 Å². The highest BCUT2D eigenvalue weighted by molar-refractivity contribution is 7.20. The van der Waals surface area contributed by atoms with Gasteiger partial charge >= 0.3 is 61.1 Å². The van der Waals surface area contributed by atoms with Gasteiger partial charge in [0.25, 0.3) is 0 Å². The summed E-state index contributed by atoms with van der Waals surface area (Å²) in [6.45, 7) is 2.49. The SMILES string of the molecule is Cc1ccccc1OC(=O)c1cncc[n+]1Cc1ccccc1.FC(F)(F)c1cc([B-](c2cc(C(F)(F)F)cc(C(F)(F)F)c2)(c2cc(C(F)(F)F)cc(C(F)(F)F)c2)c2cc(C(F)(F)F)cc(C(F)(F)F)c2)cc(C(F)(F)F)c1. The van der Waals surface area contributed by atoms with Crippen molar-refractivity contribution < 1.29 is 119 Å². The van der Waals surface area contributed by atoms with Crippen LogP contribution in [0.25, 0.3) is 0 Å². The quantitative estimate of drug-likeness (QED) is 0.0501. The number of aromatic nitrogens is 2. The van der Waals surface area contributed by atoms with E-state index < -0.39 is 201 Å². The van der Waals surface area contributed by atoms with Gasteiger partial charge in [-0.3, -0.25) is 4.98 Å². The van der Waals surface area contributed by atoms with E-state index in [1.165, 1.54) is 6.20 Å². The molecule has 7 rings (SSSR count). The standard InChI is InChI=1S/C32H12BF24.C19H17N2O2/c34-25(35,36)13-1-14(26(37,38)39)6-21(5-13)33(22-7-15(27(40,41)42)2-16(8-22)28(43,44)45,23-9-17(29(46,47)48)3-18(10-23)30(49,50)51)24-11-19(31(52,53)54)4-20(12-24)32(55,56)57;1-15-7-5-6-10-18(15)23-19(22)17-13-20-11-12-21(17)14-16-8-3-2-4-9-16/h1-12H;2-13H,14H2,1H3/q-1;+1. The summed E-state index contributed by atoms with van der Waals surface area (Å²) in [6.07, 6.45) is -49.8. The summed E-state index contributed by atoms with van der Waals surface area (Å²) in [4.78, 5) is 16.5. The number of esters is 1. The maximum absolute atomic E-state index is 14.2. The summed E-state index contributed by atoms with van der Waals surface area (Å²) < 4.78 is 348. The van der Waals surface area contributed by atoms with E-state index in [9.17, 15) is 110 Å². The van der Waals surface area contributed by atoms with Crippen LogP contribution >= 0.6 is 0 Å². The molecule has 0 bridgehead atoms. The summed E-state index contributed by atoms with van der Waals surface area (Å²) in [5, 5.41) is 0. The van der Waals surface area contributed by atoms with Crippen LogP contribution in [0.2, 0.25) is 0 Å². The molecule has 0 saturated heterocycles. The lowest BCUT2D eigenvalue weighted by Gasteiger charge is -2.46. The smallest absolute Gasteiger partial charge is 0.416 e. The first-order valence-corrected chi connectivity index (χ1v) is 22.0. The molecule has 0 atom stereocenters. The largest absolute Gasteiger partial charge is 0.418 e. The van der Waals surface area contributed by atoms with Gasteiger partial charge in [-0.15, -0.1) is 0 Å². The second-order valence-corrected chi connectivity index (χ2v) is 17.5. The number of benzene rings is 6. The fourth-order valence-electron chi connectivity index (χ4n) is 8.37. The van der Waals surface area contributed by atoms with Crippen LogP contribution in [0, 0.1) is 6.92 Å². The Balaban J connectivity index is 0.000000370. The van der Waals surface area contributed by atoms with E-state index in [1.54, 1.807) is 18.5 Å². The molecule has 0 aliphatic rings. The zero-order chi connectivity index (χ0) is 60.0. The third-order valence-corrected chi connectivity index (χ3v) is 12.0. The molecule has 4 nitrogen and oxygen atoms in total. The van der Waals surface area contributed by atoms with Gasteiger partial charge in [-0.25, -0.2) is 4.79 Å². The summed E-state index contributed by atoms with van der Waals surface area (Å²) in [5.41, 5.74) is -27.8. The zero-order valence-electron chi connectivity index (χ0n) is 39.4. The molecule has 0 aliphatic carbocycles. The van der Waals surface area contributed by atoms with Gasteiger partial charge in [-0.05, 0) is 42.8 Å². The first kappa shape index (κ1) is 61.5. The molecule has 0 saturated carbocycles. The molecule has 0 aliphatic heterocycles. The minimum atomic E-state index is -6.13. The van der Waals surface area contributed by atoms with Gasteiger partial charge in [0.1, 0.15) is 18.1 Å². The number of hydrogen-bond donors (Lipinski definition) is 0. The van der Waals surface area contributed by atoms with E-state index >= 15 is 0 Å². The molecule has 426 valence electrons.